The molecule has 1 aliphatic heterocycles. The molecule has 3 rings (SSSR count). The van der Waals surface area contributed by atoms with E-state index in [4.69, 9.17) is 18.0 Å². The summed E-state index contributed by atoms with van der Waals surface area (Å²) in [5.41, 5.74) is 4.71. The van der Waals surface area contributed by atoms with Gasteiger partial charge in [0.1, 0.15) is 5.41 Å². The molecule has 1 fully saturated rings. The van der Waals surface area contributed by atoms with Crippen molar-refractivity contribution in [2.75, 3.05) is 11.9 Å². The molecule has 6 nitrogen and oxygen atoms in total. The third-order valence-electron chi connectivity index (χ3n) is 5.22. The highest BCUT2D eigenvalue weighted by atomic mass is 32.1. The number of nitrogens with zero attached hydrogens (tertiary/aromatic N) is 3. The first-order valence-corrected chi connectivity index (χ1v) is 10.5. The maximum atomic E-state index is 13.4. The van der Waals surface area contributed by atoms with Gasteiger partial charge in [0.25, 0.3) is 0 Å². The van der Waals surface area contributed by atoms with Crippen LogP contribution in [0.2, 0.25) is 0 Å². The number of alkyl halides is 3. The monoisotopic (exact) mass is 457 g/mol. The summed E-state index contributed by atoms with van der Waals surface area (Å²) in [6, 6.07) is 2.42. The number of carbonyl (C=O) groups excluding carboxylic acids is 1. The van der Waals surface area contributed by atoms with E-state index in [9.17, 15) is 18.0 Å². The first-order chi connectivity index (χ1) is 13.9. The van der Waals surface area contributed by atoms with Crippen molar-refractivity contribution in [2.24, 2.45) is 5.73 Å². The number of nitrogens with two attached hydrogens (primary N) is 1. The van der Waals surface area contributed by atoms with Crippen LogP contribution in [0.4, 0.5) is 23.1 Å². The molecule has 0 aliphatic carbocycles. The van der Waals surface area contributed by atoms with Gasteiger partial charge in [-0.25, -0.2) is 9.78 Å². The van der Waals surface area contributed by atoms with E-state index in [0.29, 0.717) is 27.8 Å². The lowest BCUT2D eigenvalue weighted by Gasteiger charge is -2.27. The molecule has 2 aromatic heterocycles. The number of aryl methyl sites for hydroxylation is 1. The van der Waals surface area contributed by atoms with Crippen LogP contribution < -0.4 is 11.1 Å². The van der Waals surface area contributed by atoms with Crippen LogP contribution in [0.15, 0.2) is 18.3 Å². The number of pyridine rings is 1. The Balaban J connectivity index is 1.84. The van der Waals surface area contributed by atoms with Crippen molar-refractivity contribution in [1.82, 2.24) is 14.9 Å². The zero-order chi connectivity index (χ0) is 22.3. The van der Waals surface area contributed by atoms with Crippen molar-refractivity contribution in [2.45, 2.75) is 51.2 Å². The van der Waals surface area contributed by atoms with Crippen LogP contribution in [0.25, 0.3) is 10.4 Å². The second-order valence-electron chi connectivity index (χ2n) is 7.67. The van der Waals surface area contributed by atoms with Crippen molar-refractivity contribution in [3.8, 4) is 10.4 Å². The molecule has 0 aromatic carbocycles. The Kier molecular flexibility index (Phi) is 6.06. The molecule has 2 aromatic rings. The molecule has 1 saturated heterocycles. The lowest BCUT2D eigenvalue weighted by molar-refractivity contribution is -0.181. The van der Waals surface area contributed by atoms with Gasteiger partial charge in [-0.05, 0) is 51.3 Å². The first kappa shape index (κ1) is 22.4. The van der Waals surface area contributed by atoms with Crippen LogP contribution in [0.5, 0.6) is 0 Å². The number of amides is 2. The van der Waals surface area contributed by atoms with Gasteiger partial charge in [0.05, 0.1) is 27.3 Å². The summed E-state index contributed by atoms with van der Waals surface area (Å²) < 4.78 is 40.2. The van der Waals surface area contributed by atoms with Gasteiger partial charge in [-0.2, -0.15) is 13.2 Å². The standard InChI is InChI=1S/C19H22F3N5OS2/c1-10-14(11-6-7-24-13(9-11)18(2,3)19(20,21)22)30-16(25-10)26-17(28)27-8-4-5-12(27)15(23)29/h6-7,9,12H,4-5,8H2,1-3H3,(H2,23,29)(H,25,26,28)/t12-/m0/s1. The average molecular weight is 458 g/mol. The summed E-state index contributed by atoms with van der Waals surface area (Å²) >= 11 is 6.22. The van der Waals surface area contributed by atoms with Crippen LogP contribution in [0.1, 0.15) is 38.1 Å². The molecule has 3 heterocycles. The number of carbonyl (C=O) groups is 1. The molecule has 162 valence electrons. The molecular weight excluding hydrogens is 435 g/mol. The average Bonchev–Trinajstić information content (AvgIpc) is 3.28. The third-order valence-corrected chi connectivity index (χ3v) is 6.62. The van der Waals surface area contributed by atoms with Gasteiger partial charge in [-0.1, -0.05) is 23.6 Å². The Labute approximate surface area is 181 Å². The molecule has 0 saturated carbocycles. The third kappa shape index (κ3) is 4.27. The van der Waals surface area contributed by atoms with Crippen molar-refractivity contribution in [3.63, 3.8) is 0 Å². The molecule has 1 atom stereocenters. The summed E-state index contributed by atoms with van der Waals surface area (Å²) in [5.74, 6) is 0. The molecule has 0 bridgehead atoms. The van der Waals surface area contributed by atoms with E-state index in [1.54, 1.807) is 17.9 Å². The number of anilines is 1. The number of thiazole rings is 1. The minimum Gasteiger partial charge on any atom is -0.392 e. The first-order valence-electron chi connectivity index (χ1n) is 9.30. The van der Waals surface area contributed by atoms with Gasteiger partial charge < -0.3 is 10.6 Å². The number of hydrogen-bond donors (Lipinski definition) is 2. The zero-order valence-corrected chi connectivity index (χ0v) is 18.3. The molecular formula is C19H22F3N5OS2. The molecule has 0 spiro atoms. The second kappa shape index (κ2) is 8.10. The van der Waals surface area contributed by atoms with E-state index in [1.807, 2.05) is 0 Å². The molecule has 11 heteroatoms. The van der Waals surface area contributed by atoms with Gasteiger partial charge >= 0.3 is 12.2 Å². The minimum atomic E-state index is -4.43. The molecule has 3 N–H and O–H groups in total. The van der Waals surface area contributed by atoms with Crippen molar-refractivity contribution >= 4 is 39.7 Å². The van der Waals surface area contributed by atoms with Gasteiger partial charge in [-0.3, -0.25) is 10.3 Å². The molecule has 0 unspecified atom stereocenters. The summed E-state index contributed by atoms with van der Waals surface area (Å²) in [5, 5.41) is 3.11. The lowest BCUT2D eigenvalue weighted by Crippen LogP contribution is -2.44. The van der Waals surface area contributed by atoms with Crippen molar-refractivity contribution in [3.05, 3.63) is 29.7 Å². The van der Waals surface area contributed by atoms with Crippen LogP contribution >= 0.6 is 23.6 Å². The summed E-state index contributed by atoms with van der Waals surface area (Å²) in [6.45, 7) is 4.48. The number of thiocarbonyl (C=S) groups is 1. The quantitative estimate of drug-likeness (QED) is 0.654. The van der Waals surface area contributed by atoms with Crippen molar-refractivity contribution < 1.29 is 18.0 Å². The Morgan fingerprint density at radius 1 is 1.40 bits per heavy atom. The van der Waals surface area contributed by atoms with E-state index in [0.717, 1.165) is 26.7 Å². The van der Waals surface area contributed by atoms with Crippen LogP contribution in [-0.4, -0.2) is 44.7 Å². The number of rotatable bonds is 4. The highest BCUT2D eigenvalue weighted by Gasteiger charge is 2.49. The van der Waals surface area contributed by atoms with Crippen LogP contribution in [-0.2, 0) is 5.41 Å². The molecule has 1 aliphatic rings. The fraction of sp³-hybridized carbons (Fsp3) is 0.474. The largest absolute Gasteiger partial charge is 0.399 e. The number of nitrogens with one attached hydrogen (secondary N) is 1. The Morgan fingerprint density at radius 2 is 2.10 bits per heavy atom. The van der Waals surface area contributed by atoms with E-state index in [2.05, 4.69) is 15.3 Å². The fourth-order valence-electron chi connectivity index (χ4n) is 3.25. The summed E-state index contributed by atoms with van der Waals surface area (Å²) in [4.78, 5) is 23.4. The highest BCUT2D eigenvalue weighted by molar-refractivity contribution is 7.80. The van der Waals surface area contributed by atoms with Gasteiger partial charge in [-0.15, -0.1) is 0 Å². The van der Waals surface area contributed by atoms with E-state index in [-0.39, 0.29) is 22.8 Å². The van der Waals surface area contributed by atoms with E-state index < -0.39 is 11.6 Å². The number of urea groups is 1. The number of aromatic nitrogens is 2. The molecule has 0 radical (unpaired) electrons. The molecule has 30 heavy (non-hydrogen) atoms. The summed E-state index contributed by atoms with van der Waals surface area (Å²) in [7, 11) is 0. The lowest BCUT2D eigenvalue weighted by atomic mass is 9.87. The Hall–Kier alpha value is -2.27. The predicted molar refractivity (Wildman–Crippen MR) is 115 cm³/mol. The smallest absolute Gasteiger partial charge is 0.392 e. The van der Waals surface area contributed by atoms with Crippen LogP contribution in [0.3, 0.4) is 0 Å². The Morgan fingerprint density at radius 3 is 2.73 bits per heavy atom. The topological polar surface area (TPSA) is 84.1 Å². The Bertz CT molecular complexity index is 973. The maximum Gasteiger partial charge on any atom is 0.399 e. The maximum absolute atomic E-state index is 13.4. The number of halogens is 3. The SMILES string of the molecule is Cc1nc(NC(=O)N2CCC[C@H]2C(N)=S)sc1-c1ccnc(C(C)(C)C(F)(F)F)c1. The normalized spacial score (nSPS) is 17.3. The van der Waals surface area contributed by atoms with Gasteiger partial charge in [0.2, 0.25) is 0 Å². The fourth-order valence-corrected chi connectivity index (χ4v) is 4.44. The van der Waals surface area contributed by atoms with E-state index in [1.165, 1.54) is 23.6 Å². The van der Waals surface area contributed by atoms with Gasteiger partial charge in [0, 0.05) is 12.7 Å². The highest BCUT2D eigenvalue weighted by Crippen LogP contribution is 2.41. The van der Waals surface area contributed by atoms with Crippen LogP contribution in [0, 0.1) is 6.92 Å². The van der Waals surface area contributed by atoms with Crippen molar-refractivity contribution in [1.29, 1.82) is 0 Å². The summed E-state index contributed by atoms with van der Waals surface area (Å²) in [6.07, 6.45) is -1.55. The van der Waals surface area contributed by atoms with E-state index >= 15 is 0 Å². The zero-order valence-electron chi connectivity index (χ0n) is 16.7. The second-order valence-corrected chi connectivity index (χ2v) is 9.14. The number of hydrogen-bond acceptors (Lipinski definition) is 5. The predicted octanol–water partition coefficient (Wildman–Crippen LogP) is 4.64. The minimum absolute atomic E-state index is 0.0812. The molecule has 2 amide bonds. The number of likely N-dealkylation sites (tertiary alicyclic amines) is 1. The van der Waals surface area contributed by atoms with Gasteiger partial charge in [0.15, 0.2) is 5.13 Å².